The van der Waals surface area contributed by atoms with E-state index in [-0.39, 0.29) is 30.0 Å². The Balaban J connectivity index is 1.70. The maximum Gasteiger partial charge on any atom is 0.404 e. The van der Waals surface area contributed by atoms with E-state index in [9.17, 15) is 19.2 Å². The van der Waals surface area contributed by atoms with Gasteiger partial charge in [0.2, 0.25) is 11.8 Å². The summed E-state index contributed by atoms with van der Waals surface area (Å²) in [4.78, 5) is 47.9. The Morgan fingerprint density at radius 3 is 2.52 bits per heavy atom. The predicted octanol–water partition coefficient (Wildman–Crippen LogP) is 1.44. The third-order valence-electron chi connectivity index (χ3n) is 6.05. The molecule has 2 heterocycles. The molecule has 1 saturated heterocycles. The van der Waals surface area contributed by atoms with Crippen LogP contribution in [-0.2, 0) is 21.4 Å². The Morgan fingerprint density at radius 2 is 1.86 bits per heavy atom. The van der Waals surface area contributed by atoms with Crippen LogP contribution in [0.3, 0.4) is 0 Å². The molecule has 0 radical (unpaired) electrons. The molecule has 1 aliphatic carbocycles. The number of aromatic nitrogens is 2. The van der Waals surface area contributed by atoms with E-state index in [1.165, 1.54) is 4.57 Å². The number of rotatable bonds is 3. The van der Waals surface area contributed by atoms with E-state index in [2.05, 4.69) is 5.32 Å². The average molecular weight is 400 g/mol. The summed E-state index contributed by atoms with van der Waals surface area (Å²) < 4.78 is 8.20. The van der Waals surface area contributed by atoms with Crippen LogP contribution >= 0.6 is 0 Å². The smallest absolute Gasteiger partial charge is 0.404 e. The van der Waals surface area contributed by atoms with Crippen LogP contribution in [0, 0.1) is 0 Å². The minimum absolute atomic E-state index is 0.167. The van der Waals surface area contributed by atoms with Gasteiger partial charge in [-0.05, 0) is 49.7 Å². The Morgan fingerprint density at radius 1 is 1.14 bits per heavy atom. The molecule has 29 heavy (non-hydrogen) atoms. The minimum atomic E-state index is -0.751. The van der Waals surface area contributed by atoms with Gasteiger partial charge in [0.05, 0.1) is 11.0 Å². The number of nitrogens with zero attached hydrogens (tertiary/aromatic N) is 2. The fourth-order valence-corrected chi connectivity index (χ4v) is 4.68. The van der Waals surface area contributed by atoms with Gasteiger partial charge in [-0.15, -0.1) is 0 Å². The molecule has 1 aromatic heterocycles. The molecule has 1 saturated carbocycles. The quantitative estimate of drug-likeness (QED) is 0.754. The largest absolute Gasteiger partial charge is 0.446 e. The number of primary amides is 1. The molecule has 9 nitrogen and oxygen atoms in total. The molecule has 0 bridgehead atoms. The van der Waals surface area contributed by atoms with Crippen molar-refractivity contribution in [2.45, 2.75) is 56.6 Å². The molecule has 4 rings (SSSR count). The first-order valence-electron chi connectivity index (χ1n) is 9.86. The molecule has 1 atom stereocenters. The highest BCUT2D eigenvalue weighted by atomic mass is 16.6. The molecule has 154 valence electrons. The number of amides is 3. The number of carbonyl (C=O) groups excluding carboxylic acids is 3. The van der Waals surface area contributed by atoms with Crippen LogP contribution < -0.4 is 16.7 Å². The van der Waals surface area contributed by atoms with Crippen molar-refractivity contribution < 1.29 is 19.1 Å². The van der Waals surface area contributed by atoms with Gasteiger partial charge < -0.3 is 10.5 Å². The third-order valence-corrected chi connectivity index (χ3v) is 6.05. The molecule has 1 unspecified atom stereocenters. The third kappa shape index (κ3) is 3.41. The molecular formula is C20H24N4O5. The van der Waals surface area contributed by atoms with Crippen molar-refractivity contribution in [2.24, 2.45) is 12.8 Å². The number of aryl methyl sites for hydroxylation is 1. The number of para-hydroxylation sites is 1. The van der Waals surface area contributed by atoms with E-state index in [0.717, 1.165) is 23.9 Å². The van der Waals surface area contributed by atoms with Crippen molar-refractivity contribution in [3.8, 4) is 0 Å². The normalized spacial score (nSPS) is 25.1. The lowest BCUT2D eigenvalue weighted by Gasteiger charge is -2.28. The fraction of sp³-hybridized carbons (Fsp3) is 0.500. The van der Waals surface area contributed by atoms with Crippen molar-refractivity contribution in [2.75, 3.05) is 0 Å². The number of imidazole rings is 1. The highest BCUT2D eigenvalue weighted by Crippen LogP contribution is 2.37. The molecule has 2 fully saturated rings. The summed E-state index contributed by atoms with van der Waals surface area (Å²) in [7, 11) is 1.71. The summed E-state index contributed by atoms with van der Waals surface area (Å²) in [5, 5.41) is 2.33. The van der Waals surface area contributed by atoms with Crippen molar-refractivity contribution in [1.82, 2.24) is 14.5 Å². The lowest BCUT2D eigenvalue weighted by atomic mass is 9.82. The van der Waals surface area contributed by atoms with Gasteiger partial charge in [0.25, 0.3) is 0 Å². The molecule has 2 aromatic rings. The number of imide groups is 1. The van der Waals surface area contributed by atoms with Crippen molar-refractivity contribution in [3.05, 3.63) is 34.2 Å². The SMILES string of the molecule is Cn1c(=O)n(C2CCC(=O)NC2=O)c2cccc(C3CCC(OC(N)=O)CC3)c21. The molecule has 9 heteroatoms. The van der Waals surface area contributed by atoms with Crippen molar-refractivity contribution in [1.29, 1.82) is 0 Å². The Kier molecular flexibility index (Phi) is 4.89. The summed E-state index contributed by atoms with van der Waals surface area (Å²) in [5.41, 5.74) is 7.40. The van der Waals surface area contributed by atoms with Crippen LogP contribution in [0.4, 0.5) is 4.79 Å². The van der Waals surface area contributed by atoms with Crippen LogP contribution in [0.5, 0.6) is 0 Å². The maximum atomic E-state index is 13.0. The molecule has 1 aromatic carbocycles. The van der Waals surface area contributed by atoms with Gasteiger partial charge in [0, 0.05) is 13.5 Å². The molecular weight excluding hydrogens is 376 g/mol. The summed E-state index contributed by atoms with van der Waals surface area (Å²) in [6.45, 7) is 0. The second kappa shape index (κ2) is 7.38. The van der Waals surface area contributed by atoms with Gasteiger partial charge in [0.15, 0.2) is 0 Å². The van der Waals surface area contributed by atoms with Crippen LogP contribution in [0.1, 0.15) is 56.0 Å². The zero-order chi connectivity index (χ0) is 20.7. The van der Waals surface area contributed by atoms with Gasteiger partial charge in [-0.25, -0.2) is 9.59 Å². The number of benzene rings is 1. The number of hydrogen-bond donors (Lipinski definition) is 2. The van der Waals surface area contributed by atoms with Crippen LogP contribution in [0.15, 0.2) is 23.0 Å². The summed E-state index contributed by atoms with van der Waals surface area (Å²) in [6, 6.07) is 5.05. The molecule has 1 aliphatic heterocycles. The van der Waals surface area contributed by atoms with Gasteiger partial charge in [-0.1, -0.05) is 12.1 Å². The Bertz CT molecular complexity index is 1050. The van der Waals surface area contributed by atoms with Crippen LogP contribution in [0.2, 0.25) is 0 Å². The maximum absolute atomic E-state index is 13.0. The van der Waals surface area contributed by atoms with Crippen molar-refractivity contribution >= 4 is 28.9 Å². The van der Waals surface area contributed by atoms with E-state index in [1.807, 2.05) is 18.2 Å². The van der Waals surface area contributed by atoms with E-state index in [4.69, 9.17) is 10.5 Å². The number of hydrogen-bond acceptors (Lipinski definition) is 5. The van der Waals surface area contributed by atoms with Crippen LogP contribution in [-0.4, -0.2) is 33.1 Å². The first-order valence-corrected chi connectivity index (χ1v) is 9.86. The monoisotopic (exact) mass is 400 g/mol. The number of piperidine rings is 1. The second-order valence-corrected chi connectivity index (χ2v) is 7.80. The molecule has 2 aliphatic rings. The average Bonchev–Trinajstić information content (AvgIpc) is 2.93. The topological polar surface area (TPSA) is 125 Å². The highest BCUT2D eigenvalue weighted by Gasteiger charge is 2.33. The van der Waals surface area contributed by atoms with Gasteiger partial charge in [0.1, 0.15) is 12.1 Å². The number of fused-ring (bicyclic) bond motifs is 1. The van der Waals surface area contributed by atoms with Crippen LogP contribution in [0.25, 0.3) is 11.0 Å². The lowest BCUT2D eigenvalue weighted by molar-refractivity contribution is -0.135. The molecule has 0 spiro atoms. The van der Waals surface area contributed by atoms with E-state index >= 15 is 0 Å². The summed E-state index contributed by atoms with van der Waals surface area (Å²) >= 11 is 0. The van der Waals surface area contributed by atoms with Gasteiger partial charge in [-0.3, -0.25) is 24.0 Å². The number of ether oxygens (including phenoxy) is 1. The van der Waals surface area contributed by atoms with Gasteiger partial charge in [-0.2, -0.15) is 0 Å². The van der Waals surface area contributed by atoms with E-state index in [1.54, 1.807) is 11.6 Å². The highest BCUT2D eigenvalue weighted by molar-refractivity contribution is 6.00. The predicted molar refractivity (Wildman–Crippen MR) is 104 cm³/mol. The lowest BCUT2D eigenvalue weighted by Crippen LogP contribution is -2.44. The number of carbonyl (C=O) groups is 3. The zero-order valence-electron chi connectivity index (χ0n) is 16.2. The number of nitrogens with one attached hydrogen (secondary N) is 1. The molecule has 3 N–H and O–H groups in total. The fourth-order valence-electron chi connectivity index (χ4n) is 4.68. The zero-order valence-corrected chi connectivity index (χ0v) is 16.2. The first kappa shape index (κ1) is 19.2. The van der Waals surface area contributed by atoms with E-state index in [0.29, 0.717) is 24.8 Å². The van der Waals surface area contributed by atoms with E-state index < -0.39 is 18.0 Å². The van der Waals surface area contributed by atoms with Crippen molar-refractivity contribution in [3.63, 3.8) is 0 Å². The minimum Gasteiger partial charge on any atom is -0.446 e. The molecule has 3 amide bonds. The number of nitrogens with two attached hydrogens (primary N) is 1. The second-order valence-electron chi connectivity index (χ2n) is 7.80. The van der Waals surface area contributed by atoms with Gasteiger partial charge >= 0.3 is 11.8 Å². The Hall–Kier alpha value is -3.10. The Labute approximate surface area is 166 Å². The summed E-state index contributed by atoms with van der Waals surface area (Å²) in [6.07, 6.45) is 2.66. The summed E-state index contributed by atoms with van der Waals surface area (Å²) in [5.74, 6) is -0.532. The first-order chi connectivity index (χ1) is 13.9. The standard InChI is InChI=1S/C20H24N4O5/c1-23-17-13(11-5-7-12(8-6-11)29-19(21)27)3-2-4-14(17)24(20(23)28)15-9-10-16(25)22-18(15)26/h2-4,11-12,15H,5-10H2,1H3,(H2,21,27)(H,22,25,26).